The molecule has 21 heavy (non-hydrogen) atoms. The van der Waals surface area contributed by atoms with Crippen molar-refractivity contribution < 1.29 is 12.8 Å². The largest absolute Gasteiger partial charge is 0.396 e. The van der Waals surface area contributed by atoms with E-state index in [9.17, 15) is 12.8 Å². The minimum atomic E-state index is -4.19. The van der Waals surface area contributed by atoms with Crippen molar-refractivity contribution >= 4 is 44.6 Å². The van der Waals surface area contributed by atoms with E-state index in [0.717, 1.165) is 12.1 Å². The van der Waals surface area contributed by atoms with Crippen LogP contribution in [0.5, 0.6) is 0 Å². The van der Waals surface area contributed by atoms with Crippen LogP contribution in [0.15, 0.2) is 29.3 Å². The highest BCUT2D eigenvalue weighted by Gasteiger charge is 2.22. The lowest BCUT2D eigenvalue weighted by atomic mass is 10.3. The zero-order chi connectivity index (χ0) is 15.8. The van der Waals surface area contributed by atoms with Gasteiger partial charge in [0.05, 0.1) is 17.6 Å². The van der Waals surface area contributed by atoms with Crippen molar-refractivity contribution in [3.63, 3.8) is 0 Å². The molecule has 112 valence electrons. The average Bonchev–Trinajstić information content (AvgIpc) is 2.37. The Bertz CT molecular complexity index is 812. The van der Waals surface area contributed by atoms with Gasteiger partial charge in [-0.1, -0.05) is 23.2 Å². The summed E-state index contributed by atoms with van der Waals surface area (Å²) in [5.41, 5.74) is 5.74. The molecule has 0 unspecified atom stereocenters. The highest BCUT2D eigenvalue weighted by atomic mass is 35.5. The van der Waals surface area contributed by atoms with Gasteiger partial charge in [0, 0.05) is 5.02 Å². The SMILES string of the molecule is Cc1cc(NS(=O)(=O)c2cc(Cl)cc(N)c2F)cnc1Cl. The number of hydrogen-bond donors (Lipinski definition) is 2. The quantitative estimate of drug-likeness (QED) is 0.658. The molecule has 1 heterocycles. The van der Waals surface area contributed by atoms with Gasteiger partial charge in [0.15, 0.2) is 5.82 Å². The molecule has 0 spiro atoms. The van der Waals surface area contributed by atoms with Crippen molar-refractivity contribution in [2.45, 2.75) is 11.8 Å². The third-order valence-corrected chi connectivity index (χ3v) is 4.58. The lowest BCUT2D eigenvalue weighted by Gasteiger charge is -2.11. The van der Waals surface area contributed by atoms with E-state index in [-0.39, 0.29) is 21.6 Å². The van der Waals surface area contributed by atoms with Crippen molar-refractivity contribution in [3.8, 4) is 0 Å². The molecule has 2 rings (SSSR count). The van der Waals surface area contributed by atoms with Crippen LogP contribution in [0.2, 0.25) is 10.2 Å². The van der Waals surface area contributed by atoms with Crippen LogP contribution in [-0.4, -0.2) is 13.4 Å². The Morgan fingerprint density at radius 1 is 1.29 bits per heavy atom. The zero-order valence-electron chi connectivity index (χ0n) is 10.7. The number of pyridine rings is 1. The first kappa shape index (κ1) is 15.8. The van der Waals surface area contributed by atoms with Gasteiger partial charge in [0.1, 0.15) is 10.0 Å². The maximum absolute atomic E-state index is 13.9. The van der Waals surface area contributed by atoms with Crippen LogP contribution in [0, 0.1) is 12.7 Å². The molecule has 1 aromatic carbocycles. The second-order valence-electron chi connectivity index (χ2n) is 4.24. The number of nitrogens with two attached hydrogens (primary N) is 1. The third kappa shape index (κ3) is 3.37. The van der Waals surface area contributed by atoms with Gasteiger partial charge in [0.2, 0.25) is 0 Å². The number of aryl methyl sites for hydroxylation is 1. The van der Waals surface area contributed by atoms with Crippen LogP contribution >= 0.6 is 23.2 Å². The Morgan fingerprint density at radius 3 is 2.57 bits per heavy atom. The zero-order valence-corrected chi connectivity index (χ0v) is 13.0. The van der Waals surface area contributed by atoms with E-state index in [1.54, 1.807) is 6.92 Å². The van der Waals surface area contributed by atoms with Crippen molar-refractivity contribution in [1.29, 1.82) is 0 Å². The molecule has 0 radical (unpaired) electrons. The highest BCUT2D eigenvalue weighted by Crippen LogP contribution is 2.27. The molecule has 0 aliphatic rings. The van der Waals surface area contributed by atoms with E-state index in [0.29, 0.717) is 5.56 Å². The molecule has 0 aliphatic carbocycles. The summed E-state index contributed by atoms with van der Waals surface area (Å²) in [5.74, 6) is -1.06. The van der Waals surface area contributed by atoms with Crippen LogP contribution in [0.4, 0.5) is 15.8 Å². The normalized spacial score (nSPS) is 11.4. The number of halogens is 3. The highest BCUT2D eigenvalue weighted by molar-refractivity contribution is 7.92. The smallest absolute Gasteiger partial charge is 0.265 e. The van der Waals surface area contributed by atoms with Gasteiger partial charge in [-0.15, -0.1) is 0 Å². The van der Waals surface area contributed by atoms with E-state index >= 15 is 0 Å². The van der Waals surface area contributed by atoms with Gasteiger partial charge in [-0.3, -0.25) is 4.72 Å². The van der Waals surface area contributed by atoms with Gasteiger partial charge < -0.3 is 5.73 Å². The summed E-state index contributed by atoms with van der Waals surface area (Å²) in [6.45, 7) is 1.66. The van der Waals surface area contributed by atoms with E-state index < -0.39 is 20.7 Å². The molecular formula is C12H10Cl2FN3O2S. The molecule has 0 atom stereocenters. The summed E-state index contributed by atoms with van der Waals surface area (Å²) in [5, 5.41) is 0.260. The number of hydrogen-bond acceptors (Lipinski definition) is 4. The third-order valence-electron chi connectivity index (χ3n) is 2.59. The van der Waals surface area contributed by atoms with Crippen molar-refractivity contribution in [2.75, 3.05) is 10.5 Å². The second-order valence-corrected chi connectivity index (χ2v) is 6.69. The van der Waals surface area contributed by atoms with Crippen molar-refractivity contribution in [2.24, 2.45) is 0 Å². The molecule has 0 bridgehead atoms. The first-order valence-corrected chi connectivity index (χ1v) is 7.84. The molecule has 1 aromatic heterocycles. The van der Waals surface area contributed by atoms with Crippen LogP contribution < -0.4 is 10.5 Å². The summed E-state index contributed by atoms with van der Waals surface area (Å²) in [6, 6.07) is 3.58. The summed E-state index contributed by atoms with van der Waals surface area (Å²) in [4.78, 5) is 3.17. The number of anilines is 2. The van der Waals surface area contributed by atoms with Crippen LogP contribution in [-0.2, 0) is 10.0 Å². The van der Waals surface area contributed by atoms with E-state index in [2.05, 4.69) is 9.71 Å². The molecule has 3 N–H and O–H groups in total. The minimum absolute atomic E-state index is 0.0136. The number of sulfonamides is 1. The molecule has 0 saturated carbocycles. The number of nitrogens with one attached hydrogen (secondary N) is 1. The Kier molecular flexibility index (Phi) is 4.27. The molecular weight excluding hydrogens is 340 g/mol. The first-order valence-electron chi connectivity index (χ1n) is 5.60. The Balaban J connectivity index is 2.45. The Labute approximate surface area is 130 Å². The Hall–Kier alpha value is -1.57. The van der Waals surface area contributed by atoms with Crippen molar-refractivity contribution in [1.82, 2.24) is 4.98 Å². The number of benzene rings is 1. The van der Waals surface area contributed by atoms with Gasteiger partial charge in [-0.25, -0.2) is 17.8 Å². The number of nitrogen functional groups attached to an aromatic ring is 1. The van der Waals surface area contributed by atoms with Gasteiger partial charge in [-0.05, 0) is 30.7 Å². The fourth-order valence-corrected chi connectivity index (χ4v) is 3.17. The summed E-state index contributed by atoms with van der Waals surface area (Å²) in [6.07, 6.45) is 1.22. The standard InChI is InChI=1S/C12H10Cl2FN3O2S/c1-6-2-8(5-17-12(6)14)18-21(19,20)10-4-7(13)3-9(16)11(10)15/h2-5,18H,16H2,1H3. The molecule has 2 aromatic rings. The second kappa shape index (κ2) is 5.67. The van der Waals surface area contributed by atoms with Gasteiger partial charge >= 0.3 is 0 Å². The summed E-state index contributed by atoms with van der Waals surface area (Å²) < 4.78 is 40.5. The molecule has 0 saturated heterocycles. The average molecular weight is 350 g/mol. The lowest BCUT2D eigenvalue weighted by molar-refractivity contribution is 0.573. The van der Waals surface area contributed by atoms with Crippen LogP contribution in [0.3, 0.4) is 0 Å². The van der Waals surface area contributed by atoms with E-state index in [4.69, 9.17) is 28.9 Å². The summed E-state index contributed by atoms with van der Waals surface area (Å²) in [7, 11) is -4.19. The summed E-state index contributed by atoms with van der Waals surface area (Å²) >= 11 is 11.5. The number of nitrogens with zero attached hydrogens (tertiary/aromatic N) is 1. The van der Waals surface area contributed by atoms with Crippen LogP contribution in [0.25, 0.3) is 0 Å². The molecule has 0 amide bonds. The molecule has 0 aliphatic heterocycles. The fourth-order valence-electron chi connectivity index (χ4n) is 1.60. The number of aromatic nitrogens is 1. The lowest BCUT2D eigenvalue weighted by Crippen LogP contribution is -2.15. The van der Waals surface area contributed by atoms with E-state index in [1.807, 2.05) is 0 Å². The van der Waals surface area contributed by atoms with E-state index in [1.165, 1.54) is 12.3 Å². The molecule has 0 fully saturated rings. The maximum Gasteiger partial charge on any atom is 0.265 e. The molecule has 5 nitrogen and oxygen atoms in total. The fraction of sp³-hybridized carbons (Fsp3) is 0.0833. The number of rotatable bonds is 3. The Morgan fingerprint density at radius 2 is 1.95 bits per heavy atom. The predicted molar refractivity (Wildman–Crippen MR) is 80.6 cm³/mol. The maximum atomic E-state index is 13.9. The van der Waals surface area contributed by atoms with Gasteiger partial charge in [-0.2, -0.15) is 0 Å². The first-order chi connectivity index (χ1) is 9.70. The van der Waals surface area contributed by atoms with Crippen LogP contribution in [0.1, 0.15) is 5.56 Å². The monoisotopic (exact) mass is 349 g/mol. The van der Waals surface area contributed by atoms with Gasteiger partial charge in [0.25, 0.3) is 10.0 Å². The topological polar surface area (TPSA) is 85.1 Å². The van der Waals surface area contributed by atoms with Crippen molar-refractivity contribution in [3.05, 3.63) is 46.0 Å². The predicted octanol–water partition coefficient (Wildman–Crippen LogP) is 3.22. The molecule has 9 heteroatoms. The minimum Gasteiger partial charge on any atom is -0.396 e.